The van der Waals surface area contributed by atoms with Crippen LogP contribution in [0.2, 0.25) is 0 Å². The number of aliphatic hydroxyl groups is 1. The molecular weight excluding hydrogens is 284 g/mol. The molecule has 0 fully saturated rings. The maximum absolute atomic E-state index is 13.2. The molecule has 0 saturated heterocycles. The van der Waals surface area contributed by atoms with E-state index in [4.69, 9.17) is 0 Å². The minimum absolute atomic E-state index is 0.0941. The Labute approximate surface area is 126 Å². The van der Waals surface area contributed by atoms with Crippen LogP contribution in [0, 0.1) is 0 Å². The standard InChI is InChI=1S/C16H20N2O2S/c1-16(2,19)13-21(20,15-9-4-3-5-10-15)18-12-14-8-6-7-11-17-14/h3-11,19H,12-13H2,1-2H3. The van der Waals surface area contributed by atoms with E-state index in [1.807, 2.05) is 36.4 Å². The average Bonchev–Trinajstić information content (AvgIpc) is 2.46. The van der Waals surface area contributed by atoms with E-state index in [9.17, 15) is 9.32 Å². The fraction of sp³-hybridized carbons (Fsp3) is 0.312. The lowest BCUT2D eigenvalue weighted by Crippen LogP contribution is -2.30. The quantitative estimate of drug-likeness (QED) is 0.924. The molecule has 1 unspecified atom stereocenters. The van der Waals surface area contributed by atoms with Gasteiger partial charge in [-0.3, -0.25) is 4.98 Å². The molecule has 112 valence electrons. The molecule has 1 atom stereocenters. The Balaban J connectivity index is 2.39. The average molecular weight is 304 g/mol. The number of rotatable bonds is 5. The highest BCUT2D eigenvalue weighted by molar-refractivity contribution is 7.93. The summed E-state index contributed by atoms with van der Waals surface area (Å²) in [6, 6.07) is 14.6. The molecule has 1 heterocycles. The molecule has 0 bridgehead atoms. The number of nitrogens with zero attached hydrogens (tertiary/aromatic N) is 2. The number of hydrogen-bond acceptors (Lipinski definition) is 4. The van der Waals surface area contributed by atoms with Gasteiger partial charge in [-0.05, 0) is 38.1 Å². The van der Waals surface area contributed by atoms with Crippen LogP contribution < -0.4 is 0 Å². The summed E-state index contributed by atoms with van der Waals surface area (Å²) in [5.41, 5.74) is -0.294. The molecule has 21 heavy (non-hydrogen) atoms. The van der Waals surface area contributed by atoms with Gasteiger partial charge in [-0.2, -0.15) is 0 Å². The van der Waals surface area contributed by atoms with E-state index < -0.39 is 15.3 Å². The van der Waals surface area contributed by atoms with Crippen molar-refractivity contribution in [3.63, 3.8) is 0 Å². The van der Waals surface area contributed by atoms with Crippen LogP contribution in [-0.2, 0) is 16.3 Å². The SMILES string of the molecule is CC(C)(O)CS(=O)(=NCc1ccccn1)c1ccccc1. The molecule has 0 aliphatic heterocycles. The summed E-state index contributed by atoms with van der Waals surface area (Å²) in [6.45, 7) is 3.56. The van der Waals surface area contributed by atoms with Crippen molar-refractivity contribution in [1.29, 1.82) is 0 Å². The Morgan fingerprint density at radius 3 is 2.38 bits per heavy atom. The number of hydrogen-bond donors (Lipinski definition) is 1. The highest BCUT2D eigenvalue weighted by Gasteiger charge is 2.23. The van der Waals surface area contributed by atoms with E-state index in [1.54, 1.807) is 32.2 Å². The third-order valence-electron chi connectivity index (χ3n) is 2.82. The van der Waals surface area contributed by atoms with Crippen molar-refractivity contribution < 1.29 is 9.32 Å². The van der Waals surface area contributed by atoms with Crippen LogP contribution in [0.15, 0.2) is 64.0 Å². The van der Waals surface area contributed by atoms with Crippen molar-refractivity contribution in [3.05, 3.63) is 60.4 Å². The van der Waals surface area contributed by atoms with Crippen LogP contribution in [0.1, 0.15) is 19.5 Å². The molecular formula is C16H20N2O2S. The molecule has 1 N–H and O–H groups in total. The summed E-state index contributed by atoms with van der Waals surface area (Å²) in [5.74, 6) is 0.0941. The van der Waals surface area contributed by atoms with Crippen LogP contribution in [-0.4, -0.2) is 25.7 Å². The smallest absolute Gasteiger partial charge is 0.0909 e. The van der Waals surface area contributed by atoms with Crippen LogP contribution >= 0.6 is 0 Å². The van der Waals surface area contributed by atoms with Crippen molar-refractivity contribution in [3.8, 4) is 0 Å². The molecule has 4 nitrogen and oxygen atoms in total. The van der Waals surface area contributed by atoms with Gasteiger partial charge in [0.2, 0.25) is 0 Å². The van der Waals surface area contributed by atoms with Gasteiger partial charge < -0.3 is 5.11 Å². The van der Waals surface area contributed by atoms with Gasteiger partial charge in [0.25, 0.3) is 0 Å². The summed E-state index contributed by atoms with van der Waals surface area (Å²) >= 11 is 0. The topological polar surface area (TPSA) is 62.5 Å². The van der Waals surface area contributed by atoms with E-state index in [0.29, 0.717) is 4.90 Å². The minimum Gasteiger partial charge on any atom is -0.389 e. The van der Waals surface area contributed by atoms with E-state index in [2.05, 4.69) is 9.35 Å². The lowest BCUT2D eigenvalue weighted by Gasteiger charge is -2.20. The maximum atomic E-state index is 13.2. The van der Waals surface area contributed by atoms with Crippen LogP contribution in [0.5, 0.6) is 0 Å². The Bertz CT molecular complexity index is 685. The Morgan fingerprint density at radius 2 is 1.81 bits per heavy atom. The van der Waals surface area contributed by atoms with Gasteiger partial charge in [0.15, 0.2) is 0 Å². The molecule has 0 saturated carbocycles. The van der Waals surface area contributed by atoms with Gasteiger partial charge in [0.1, 0.15) is 0 Å². The third-order valence-corrected chi connectivity index (χ3v) is 5.47. The van der Waals surface area contributed by atoms with Crippen LogP contribution in [0.25, 0.3) is 0 Å². The second kappa shape index (κ2) is 6.37. The molecule has 0 amide bonds. The predicted molar refractivity (Wildman–Crippen MR) is 84.4 cm³/mol. The first-order valence-electron chi connectivity index (χ1n) is 6.77. The van der Waals surface area contributed by atoms with Gasteiger partial charge in [-0.25, -0.2) is 8.57 Å². The summed E-state index contributed by atoms with van der Waals surface area (Å²) < 4.78 is 17.6. The molecule has 1 aromatic heterocycles. The summed E-state index contributed by atoms with van der Waals surface area (Å²) in [5, 5.41) is 10.1. The minimum atomic E-state index is -2.69. The highest BCUT2D eigenvalue weighted by Crippen LogP contribution is 2.19. The zero-order chi connectivity index (χ0) is 15.3. The lowest BCUT2D eigenvalue weighted by atomic mass is 10.2. The summed E-state index contributed by atoms with van der Waals surface area (Å²) in [4.78, 5) is 4.83. The second-order valence-corrected chi connectivity index (χ2v) is 7.82. The van der Waals surface area contributed by atoms with E-state index >= 15 is 0 Å². The number of pyridine rings is 1. The lowest BCUT2D eigenvalue weighted by molar-refractivity contribution is 0.105. The van der Waals surface area contributed by atoms with Gasteiger partial charge in [-0.1, -0.05) is 24.3 Å². The predicted octanol–water partition coefficient (Wildman–Crippen LogP) is 2.88. The van der Waals surface area contributed by atoms with E-state index in [-0.39, 0.29) is 12.3 Å². The summed E-state index contributed by atoms with van der Waals surface area (Å²) in [7, 11) is -2.69. The normalized spacial score (nSPS) is 14.4. The first-order chi connectivity index (χ1) is 9.89. The highest BCUT2D eigenvalue weighted by atomic mass is 32.2. The maximum Gasteiger partial charge on any atom is 0.0909 e. The Kier molecular flexibility index (Phi) is 4.75. The molecule has 0 aliphatic carbocycles. The first-order valence-corrected chi connectivity index (χ1v) is 8.45. The molecule has 0 spiro atoms. The molecule has 2 aromatic rings. The third kappa shape index (κ3) is 4.65. The first kappa shape index (κ1) is 15.7. The fourth-order valence-corrected chi connectivity index (χ4v) is 4.27. The Morgan fingerprint density at radius 1 is 1.14 bits per heavy atom. The fourth-order valence-electron chi connectivity index (χ4n) is 1.98. The molecule has 5 heteroatoms. The van der Waals surface area contributed by atoms with Gasteiger partial charge in [0, 0.05) is 11.1 Å². The molecule has 0 radical (unpaired) electrons. The van der Waals surface area contributed by atoms with Crippen molar-refractivity contribution >= 4 is 9.73 Å². The zero-order valence-electron chi connectivity index (χ0n) is 12.3. The molecule has 1 aromatic carbocycles. The van der Waals surface area contributed by atoms with Gasteiger partial charge >= 0.3 is 0 Å². The van der Waals surface area contributed by atoms with Crippen LogP contribution in [0.3, 0.4) is 0 Å². The number of aromatic nitrogens is 1. The largest absolute Gasteiger partial charge is 0.389 e. The van der Waals surface area contributed by atoms with Crippen molar-refractivity contribution in [2.24, 2.45) is 4.36 Å². The van der Waals surface area contributed by atoms with Crippen molar-refractivity contribution in [2.45, 2.75) is 30.9 Å². The second-order valence-electron chi connectivity index (χ2n) is 5.52. The molecule has 0 aliphatic rings. The van der Waals surface area contributed by atoms with Crippen molar-refractivity contribution in [1.82, 2.24) is 4.98 Å². The Hall–Kier alpha value is -1.72. The van der Waals surface area contributed by atoms with Crippen LogP contribution in [0.4, 0.5) is 0 Å². The summed E-state index contributed by atoms with van der Waals surface area (Å²) in [6.07, 6.45) is 1.69. The monoisotopic (exact) mass is 304 g/mol. The van der Waals surface area contributed by atoms with Gasteiger partial charge in [-0.15, -0.1) is 0 Å². The van der Waals surface area contributed by atoms with Crippen molar-refractivity contribution in [2.75, 3.05) is 5.75 Å². The zero-order valence-corrected chi connectivity index (χ0v) is 13.1. The van der Waals surface area contributed by atoms with Gasteiger partial charge in [0.05, 0.1) is 33.3 Å². The van der Waals surface area contributed by atoms with E-state index in [0.717, 1.165) is 5.69 Å². The number of benzene rings is 1. The molecule has 2 rings (SSSR count). The van der Waals surface area contributed by atoms with E-state index in [1.165, 1.54) is 0 Å².